The Morgan fingerprint density at radius 1 is 1.08 bits per heavy atom. The molecule has 0 aliphatic carbocycles. The molecule has 2 aromatic carbocycles. The molecule has 0 bridgehead atoms. The van der Waals surface area contributed by atoms with Crippen molar-refractivity contribution in [3.05, 3.63) is 58.1 Å². The summed E-state index contributed by atoms with van der Waals surface area (Å²) in [4.78, 5) is 27.6. The fourth-order valence-corrected chi connectivity index (χ4v) is 5.24. The Balaban J connectivity index is 2.23. The van der Waals surface area contributed by atoms with Crippen molar-refractivity contribution < 1.29 is 22.7 Å². The lowest BCUT2D eigenvalue weighted by Gasteiger charge is -2.31. The largest absolute Gasteiger partial charge is 0.495 e. The second-order valence-electron chi connectivity index (χ2n) is 8.19. The number of likely N-dealkylation sites (N-methyl/N-ethyl adjacent to an activating group) is 1. The molecule has 8 nitrogen and oxygen atoms in total. The van der Waals surface area contributed by atoms with Gasteiger partial charge in [-0.2, -0.15) is 0 Å². The molecule has 1 N–H and O–H groups in total. The minimum absolute atomic E-state index is 0.0380. The van der Waals surface area contributed by atoms with Crippen molar-refractivity contribution in [2.45, 2.75) is 45.7 Å². The number of benzene rings is 2. The van der Waals surface area contributed by atoms with Gasteiger partial charge in [0.15, 0.2) is 0 Å². The second kappa shape index (κ2) is 13.7. The predicted molar refractivity (Wildman–Crippen MR) is 144 cm³/mol. The molecule has 0 spiro atoms. The van der Waals surface area contributed by atoms with E-state index in [4.69, 9.17) is 27.9 Å². The number of halogens is 2. The summed E-state index contributed by atoms with van der Waals surface area (Å²) in [6.45, 7) is 4.32. The number of nitrogens with one attached hydrogen (secondary N) is 1. The molecule has 0 fully saturated rings. The normalized spacial score (nSPS) is 12.1. The number of hydrogen-bond donors (Lipinski definition) is 1. The molecule has 0 saturated heterocycles. The van der Waals surface area contributed by atoms with Crippen LogP contribution in [0.3, 0.4) is 0 Å². The first-order valence-corrected chi connectivity index (χ1v) is 14.3. The third-order valence-corrected chi connectivity index (χ3v) is 7.47. The molecule has 0 aromatic heterocycles. The summed E-state index contributed by atoms with van der Waals surface area (Å²) in [5.74, 6) is -0.0875. The van der Waals surface area contributed by atoms with Crippen LogP contribution in [0.15, 0.2) is 42.5 Å². The Morgan fingerprint density at radius 3 is 2.33 bits per heavy atom. The summed E-state index contributed by atoms with van der Waals surface area (Å²) in [6.07, 6.45) is 1.79. The molecule has 1 atom stereocenters. The van der Waals surface area contributed by atoms with E-state index >= 15 is 0 Å². The van der Waals surface area contributed by atoms with Gasteiger partial charge in [-0.1, -0.05) is 48.3 Å². The van der Waals surface area contributed by atoms with E-state index < -0.39 is 16.1 Å². The van der Waals surface area contributed by atoms with Gasteiger partial charge in [-0.15, -0.1) is 0 Å². The zero-order valence-electron chi connectivity index (χ0n) is 21.0. The van der Waals surface area contributed by atoms with E-state index in [-0.39, 0.29) is 42.8 Å². The third-order valence-electron chi connectivity index (χ3n) is 5.61. The molecule has 0 unspecified atom stereocenters. The van der Waals surface area contributed by atoms with Crippen LogP contribution in [-0.2, 0) is 26.2 Å². The van der Waals surface area contributed by atoms with Crippen LogP contribution in [-0.4, -0.2) is 57.6 Å². The molecule has 0 aliphatic rings. The van der Waals surface area contributed by atoms with Crippen LogP contribution in [0.1, 0.15) is 38.7 Å². The van der Waals surface area contributed by atoms with Crippen LogP contribution >= 0.6 is 23.2 Å². The average Bonchev–Trinajstić information content (AvgIpc) is 2.82. The van der Waals surface area contributed by atoms with Crippen molar-refractivity contribution in [3.8, 4) is 5.75 Å². The van der Waals surface area contributed by atoms with E-state index in [0.29, 0.717) is 29.4 Å². The van der Waals surface area contributed by atoms with Gasteiger partial charge < -0.3 is 15.0 Å². The van der Waals surface area contributed by atoms with Crippen molar-refractivity contribution in [2.75, 3.05) is 30.8 Å². The molecule has 0 aliphatic heterocycles. The molecule has 2 rings (SSSR count). The maximum absolute atomic E-state index is 13.4. The van der Waals surface area contributed by atoms with Crippen molar-refractivity contribution in [3.63, 3.8) is 0 Å². The summed E-state index contributed by atoms with van der Waals surface area (Å²) in [5, 5.41) is 3.56. The standard InChI is InChI=1S/C25H33Cl2N3O5S/c1-5-22(25(32)28-6-2)29(17-18-10-7-8-11-20(18)26)24(31)12-9-15-30(36(4,33)34)19-13-14-23(35-3)21(27)16-19/h7-8,10-11,13-14,16,22H,5-6,9,12,15,17H2,1-4H3,(H,28,32)/t22-/m1/s1. The number of carbonyl (C=O) groups excluding carboxylic acids is 2. The van der Waals surface area contributed by atoms with Crippen molar-refractivity contribution >= 4 is 50.7 Å². The van der Waals surface area contributed by atoms with E-state index in [0.717, 1.165) is 11.8 Å². The second-order valence-corrected chi connectivity index (χ2v) is 10.9. The summed E-state index contributed by atoms with van der Waals surface area (Å²) < 4.78 is 31.3. The molecule has 0 radical (unpaired) electrons. The summed E-state index contributed by atoms with van der Waals surface area (Å²) >= 11 is 12.5. The van der Waals surface area contributed by atoms with Crippen LogP contribution in [0.4, 0.5) is 5.69 Å². The molecular weight excluding hydrogens is 525 g/mol. The Bertz CT molecular complexity index is 1160. The van der Waals surface area contributed by atoms with Crippen LogP contribution in [0.5, 0.6) is 5.75 Å². The third kappa shape index (κ3) is 8.01. The summed E-state index contributed by atoms with van der Waals surface area (Å²) in [7, 11) is -2.17. The summed E-state index contributed by atoms with van der Waals surface area (Å²) in [5.41, 5.74) is 1.10. The first kappa shape index (κ1) is 29.7. The van der Waals surface area contributed by atoms with E-state index in [1.165, 1.54) is 22.4 Å². The highest BCUT2D eigenvalue weighted by Crippen LogP contribution is 2.30. The van der Waals surface area contributed by atoms with Crippen molar-refractivity contribution in [1.82, 2.24) is 10.2 Å². The Morgan fingerprint density at radius 2 is 1.78 bits per heavy atom. The Kier molecular flexibility index (Phi) is 11.3. The molecule has 198 valence electrons. The quantitative estimate of drug-likeness (QED) is 0.391. The van der Waals surface area contributed by atoms with Crippen LogP contribution in [0, 0.1) is 0 Å². The van der Waals surface area contributed by atoms with E-state index in [9.17, 15) is 18.0 Å². The smallest absolute Gasteiger partial charge is 0.242 e. The Labute approximate surface area is 223 Å². The number of anilines is 1. The zero-order valence-corrected chi connectivity index (χ0v) is 23.3. The van der Waals surface area contributed by atoms with Gasteiger partial charge in [-0.25, -0.2) is 8.42 Å². The number of sulfonamides is 1. The number of hydrogen-bond acceptors (Lipinski definition) is 5. The molecule has 0 heterocycles. The minimum Gasteiger partial charge on any atom is -0.495 e. The molecule has 2 amide bonds. The highest BCUT2D eigenvalue weighted by atomic mass is 35.5. The lowest BCUT2D eigenvalue weighted by atomic mass is 10.1. The zero-order chi connectivity index (χ0) is 26.9. The van der Waals surface area contributed by atoms with Gasteiger partial charge in [0.2, 0.25) is 21.8 Å². The fraction of sp³-hybridized carbons (Fsp3) is 0.440. The highest BCUT2D eigenvalue weighted by molar-refractivity contribution is 7.92. The number of carbonyl (C=O) groups is 2. The van der Waals surface area contributed by atoms with Gasteiger partial charge in [0.25, 0.3) is 0 Å². The van der Waals surface area contributed by atoms with Gasteiger partial charge in [-0.05, 0) is 49.6 Å². The molecular formula is C25H33Cl2N3O5S. The number of amides is 2. The fourth-order valence-electron chi connectivity index (χ4n) is 3.84. The number of ether oxygens (including phenoxy) is 1. The van der Waals surface area contributed by atoms with Gasteiger partial charge in [0.1, 0.15) is 11.8 Å². The average molecular weight is 559 g/mol. The molecule has 0 saturated carbocycles. The van der Waals surface area contributed by atoms with E-state index in [2.05, 4.69) is 5.32 Å². The van der Waals surface area contributed by atoms with E-state index in [1.54, 1.807) is 24.3 Å². The van der Waals surface area contributed by atoms with Gasteiger partial charge >= 0.3 is 0 Å². The highest BCUT2D eigenvalue weighted by Gasteiger charge is 2.29. The van der Waals surface area contributed by atoms with Crippen molar-refractivity contribution in [2.24, 2.45) is 0 Å². The van der Waals surface area contributed by atoms with E-state index in [1.807, 2.05) is 26.0 Å². The maximum atomic E-state index is 13.4. The SMILES string of the molecule is CCNC(=O)[C@@H](CC)N(Cc1ccccc1Cl)C(=O)CCCN(c1ccc(OC)c(Cl)c1)S(C)(=O)=O. The van der Waals surface area contributed by atoms with Gasteiger partial charge in [0.05, 0.1) is 24.1 Å². The maximum Gasteiger partial charge on any atom is 0.242 e. The number of nitrogens with zero attached hydrogens (tertiary/aromatic N) is 2. The predicted octanol–water partition coefficient (Wildman–Crippen LogP) is 4.49. The van der Waals surface area contributed by atoms with Gasteiger partial charge in [-0.3, -0.25) is 13.9 Å². The Hall–Kier alpha value is -2.49. The first-order chi connectivity index (χ1) is 17.0. The van der Waals surface area contributed by atoms with Gasteiger partial charge in [0, 0.05) is 31.1 Å². The topological polar surface area (TPSA) is 96.0 Å². The van der Waals surface area contributed by atoms with Crippen LogP contribution < -0.4 is 14.4 Å². The molecule has 36 heavy (non-hydrogen) atoms. The van der Waals surface area contributed by atoms with Crippen molar-refractivity contribution in [1.29, 1.82) is 0 Å². The minimum atomic E-state index is -3.64. The lowest BCUT2D eigenvalue weighted by molar-refractivity contribution is -0.141. The lowest BCUT2D eigenvalue weighted by Crippen LogP contribution is -2.49. The molecule has 2 aromatic rings. The molecule has 11 heteroatoms. The number of rotatable bonds is 13. The number of methoxy groups -OCH3 is 1. The monoisotopic (exact) mass is 557 g/mol. The van der Waals surface area contributed by atoms with Crippen LogP contribution in [0.25, 0.3) is 0 Å². The summed E-state index contributed by atoms with van der Waals surface area (Å²) in [6, 6.07) is 11.2. The first-order valence-electron chi connectivity index (χ1n) is 11.6. The van der Waals surface area contributed by atoms with Crippen LogP contribution in [0.2, 0.25) is 10.0 Å².